The Balaban J connectivity index is -0.000000102. The van der Waals surface area contributed by atoms with E-state index in [2.05, 4.69) is 26.8 Å². The Labute approximate surface area is 111 Å². The van der Waals surface area contributed by atoms with Crippen molar-refractivity contribution in [2.24, 2.45) is 0 Å². The molecule has 0 aromatic heterocycles. The van der Waals surface area contributed by atoms with Crippen molar-refractivity contribution < 1.29 is 0 Å². The first kappa shape index (κ1) is 25.3. The maximum atomic E-state index is 6.08. The molecule has 0 radical (unpaired) electrons. The van der Waals surface area contributed by atoms with Crippen molar-refractivity contribution in [1.29, 1.82) is 5.41 Å². The van der Waals surface area contributed by atoms with Gasteiger partial charge in [-0.25, -0.2) is 0 Å². The first-order valence-corrected chi connectivity index (χ1v) is 7.33. The van der Waals surface area contributed by atoms with Crippen LogP contribution in [0.4, 0.5) is 0 Å². The summed E-state index contributed by atoms with van der Waals surface area (Å²) in [6, 6.07) is 0. The molecule has 0 saturated carbocycles. The highest BCUT2D eigenvalue weighted by atomic mass is 14.3. The Morgan fingerprint density at radius 3 is 1.71 bits per heavy atom. The van der Waals surface area contributed by atoms with Gasteiger partial charge >= 0.3 is 0 Å². The van der Waals surface area contributed by atoms with E-state index < -0.39 is 0 Å². The fraction of sp³-hybridized carbons (Fsp3) is 0.812. The van der Waals surface area contributed by atoms with Crippen LogP contribution in [-0.4, -0.2) is 6.21 Å². The van der Waals surface area contributed by atoms with Crippen LogP contribution < -0.4 is 0 Å². The number of nitrogens with one attached hydrogen (secondary N) is 1. The molecule has 0 aromatic rings. The average Bonchev–Trinajstić information content (AvgIpc) is 2.40. The lowest BCUT2D eigenvalue weighted by Crippen LogP contribution is -1.74. The predicted molar refractivity (Wildman–Crippen MR) is 85.3 cm³/mol. The highest BCUT2D eigenvalue weighted by Gasteiger charge is 1.84. The summed E-state index contributed by atoms with van der Waals surface area (Å²) < 4.78 is 0. The van der Waals surface area contributed by atoms with Gasteiger partial charge in [0.1, 0.15) is 0 Å². The smallest absolute Gasteiger partial charge is 0.00788 e. The highest BCUT2D eigenvalue weighted by molar-refractivity contribution is 5.48. The minimum atomic E-state index is 1.21. The molecule has 0 heterocycles. The minimum absolute atomic E-state index is 1.21. The number of rotatable bonds is 5. The van der Waals surface area contributed by atoms with Crippen LogP contribution in [0.1, 0.15) is 87.5 Å². The molecule has 0 rings (SSSR count). The zero-order valence-electron chi connectivity index (χ0n) is 13.7. The highest BCUT2D eigenvalue weighted by Crippen LogP contribution is 2.04. The molecule has 17 heavy (non-hydrogen) atoms. The summed E-state index contributed by atoms with van der Waals surface area (Å²) in [5, 5.41) is 6.08. The van der Waals surface area contributed by atoms with Crippen LogP contribution in [0.5, 0.6) is 0 Å². The number of hydrogen-bond donors (Lipinski definition) is 1. The molecule has 106 valence electrons. The Kier molecular flexibility index (Phi) is 53.8. The van der Waals surface area contributed by atoms with E-state index in [0.717, 1.165) is 0 Å². The van der Waals surface area contributed by atoms with Crippen molar-refractivity contribution >= 4 is 6.21 Å². The lowest BCUT2D eigenvalue weighted by atomic mass is 10.1. The largest absolute Gasteiger partial charge is 0.313 e. The first-order chi connectivity index (χ1) is 8.22. The van der Waals surface area contributed by atoms with Crippen molar-refractivity contribution in [2.45, 2.75) is 87.5 Å². The molecule has 0 aliphatic heterocycles. The van der Waals surface area contributed by atoms with E-state index in [0.29, 0.717) is 0 Å². The summed E-state index contributed by atoms with van der Waals surface area (Å²) in [6.45, 7) is 16.3. The quantitative estimate of drug-likeness (QED) is 0.318. The van der Waals surface area contributed by atoms with Gasteiger partial charge < -0.3 is 5.41 Å². The van der Waals surface area contributed by atoms with Crippen LogP contribution >= 0.6 is 0 Å². The molecule has 1 nitrogen and oxygen atoms in total. The van der Waals surface area contributed by atoms with Crippen molar-refractivity contribution in [1.82, 2.24) is 0 Å². The average molecular weight is 243 g/mol. The summed E-state index contributed by atoms with van der Waals surface area (Å²) in [5.74, 6) is 0. The standard InChI is InChI=1S/C10H20.C2H5N.2C2H6/c1-4-6-7-8-9-10(3)5-2;1-2-3;2*1-2/h9H,4-8H2,1-3H3;2-3H,1H3;2*1-2H3/b10-9-;;;. The molecular weight excluding hydrogens is 206 g/mol. The van der Waals surface area contributed by atoms with Gasteiger partial charge in [-0.15, -0.1) is 0 Å². The fourth-order valence-electron chi connectivity index (χ4n) is 0.887. The SMILES string of the molecule is CC.CC.CC=N.CCCCC/C=C(/C)CC. The summed E-state index contributed by atoms with van der Waals surface area (Å²) >= 11 is 0. The van der Waals surface area contributed by atoms with Crippen LogP contribution in [0.25, 0.3) is 0 Å². The molecule has 0 bridgehead atoms. The van der Waals surface area contributed by atoms with E-state index in [1.54, 1.807) is 6.92 Å². The zero-order chi connectivity index (χ0) is 14.5. The van der Waals surface area contributed by atoms with E-state index in [4.69, 9.17) is 5.41 Å². The summed E-state index contributed by atoms with van der Waals surface area (Å²) in [5.41, 5.74) is 1.54. The molecular formula is C16H37N. The van der Waals surface area contributed by atoms with E-state index in [9.17, 15) is 0 Å². The molecule has 0 saturated heterocycles. The Hall–Kier alpha value is -0.590. The second kappa shape index (κ2) is 36.1. The molecule has 0 aliphatic rings. The van der Waals surface area contributed by atoms with Crippen LogP contribution in [0.15, 0.2) is 11.6 Å². The molecule has 0 spiro atoms. The van der Waals surface area contributed by atoms with Gasteiger partial charge in [0.2, 0.25) is 0 Å². The third-order valence-corrected chi connectivity index (χ3v) is 1.86. The molecule has 0 aliphatic carbocycles. The van der Waals surface area contributed by atoms with Gasteiger partial charge in [-0.3, -0.25) is 0 Å². The normalized spacial score (nSPS) is 8.59. The van der Waals surface area contributed by atoms with Crippen LogP contribution in [0.3, 0.4) is 0 Å². The molecule has 0 atom stereocenters. The van der Waals surface area contributed by atoms with Crippen molar-refractivity contribution in [3.8, 4) is 0 Å². The second-order valence-electron chi connectivity index (χ2n) is 3.19. The molecule has 0 amide bonds. The maximum absolute atomic E-state index is 6.08. The zero-order valence-corrected chi connectivity index (χ0v) is 13.7. The predicted octanol–water partition coefficient (Wildman–Crippen LogP) is 6.63. The molecule has 1 heteroatoms. The monoisotopic (exact) mass is 243 g/mol. The van der Waals surface area contributed by atoms with Crippen LogP contribution in [-0.2, 0) is 0 Å². The Bertz CT molecular complexity index is 125. The third-order valence-electron chi connectivity index (χ3n) is 1.86. The number of hydrogen-bond acceptors (Lipinski definition) is 1. The van der Waals surface area contributed by atoms with E-state index in [1.807, 2.05) is 27.7 Å². The summed E-state index contributed by atoms with van der Waals surface area (Å²) in [6.07, 6.45) is 10.2. The first-order valence-electron chi connectivity index (χ1n) is 7.33. The second-order valence-corrected chi connectivity index (χ2v) is 3.19. The Morgan fingerprint density at radius 2 is 1.41 bits per heavy atom. The fourth-order valence-corrected chi connectivity index (χ4v) is 0.887. The third kappa shape index (κ3) is 50.5. The molecule has 1 N–H and O–H groups in total. The van der Waals surface area contributed by atoms with Gasteiger partial charge in [-0.05, 0) is 39.3 Å². The lowest BCUT2D eigenvalue weighted by Gasteiger charge is -1.95. The maximum Gasteiger partial charge on any atom is -0.00788 e. The molecule has 0 fully saturated rings. The van der Waals surface area contributed by atoms with Crippen molar-refractivity contribution in [3.63, 3.8) is 0 Å². The Morgan fingerprint density at radius 1 is 1.00 bits per heavy atom. The van der Waals surface area contributed by atoms with Crippen LogP contribution in [0.2, 0.25) is 0 Å². The van der Waals surface area contributed by atoms with Crippen LogP contribution in [0, 0.1) is 5.41 Å². The van der Waals surface area contributed by atoms with E-state index in [1.165, 1.54) is 43.9 Å². The molecule has 0 aromatic carbocycles. The van der Waals surface area contributed by atoms with Crippen molar-refractivity contribution in [3.05, 3.63) is 11.6 Å². The van der Waals surface area contributed by atoms with E-state index in [-0.39, 0.29) is 0 Å². The lowest BCUT2D eigenvalue weighted by molar-refractivity contribution is 0.726. The topological polar surface area (TPSA) is 23.9 Å². The van der Waals surface area contributed by atoms with Gasteiger partial charge in [0, 0.05) is 0 Å². The van der Waals surface area contributed by atoms with Gasteiger partial charge in [-0.2, -0.15) is 0 Å². The minimum Gasteiger partial charge on any atom is -0.313 e. The van der Waals surface area contributed by atoms with Gasteiger partial charge in [0.15, 0.2) is 0 Å². The number of allylic oxidation sites excluding steroid dienone is 2. The van der Waals surface area contributed by atoms with Gasteiger partial charge in [0.05, 0.1) is 0 Å². The van der Waals surface area contributed by atoms with Crippen molar-refractivity contribution in [2.75, 3.05) is 0 Å². The van der Waals surface area contributed by atoms with E-state index >= 15 is 0 Å². The van der Waals surface area contributed by atoms with Gasteiger partial charge in [-0.1, -0.05) is 66.0 Å². The number of unbranched alkanes of at least 4 members (excludes halogenated alkanes) is 3. The summed E-state index contributed by atoms with van der Waals surface area (Å²) in [4.78, 5) is 0. The van der Waals surface area contributed by atoms with Gasteiger partial charge in [0.25, 0.3) is 0 Å². The summed E-state index contributed by atoms with van der Waals surface area (Å²) in [7, 11) is 0. The molecule has 0 unspecified atom stereocenters.